The van der Waals surface area contributed by atoms with E-state index in [1.807, 2.05) is 0 Å². The Morgan fingerprint density at radius 1 is 1.35 bits per heavy atom. The van der Waals surface area contributed by atoms with Gasteiger partial charge < -0.3 is 4.74 Å². The zero-order valence-electron chi connectivity index (χ0n) is 9.86. The van der Waals surface area contributed by atoms with Gasteiger partial charge in [0.05, 0.1) is 12.6 Å². The second-order valence-corrected chi connectivity index (χ2v) is 4.73. The fourth-order valence-corrected chi connectivity index (χ4v) is 2.99. The van der Waals surface area contributed by atoms with Crippen LogP contribution in [-0.2, 0) is 11.2 Å². The number of hydrogen-bond donors (Lipinski definition) is 2. The average Bonchev–Trinajstić information content (AvgIpc) is 3.01. The number of rotatable bonds is 3. The second-order valence-electron chi connectivity index (χ2n) is 4.73. The first-order valence-corrected chi connectivity index (χ1v) is 6.27. The SMILES string of the molecule is NNC(C1=CCCO1)C1CCc2ccccc21. The van der Waals surface area contributed by atoms with Gasteiger partial charge >= 0.3 is 0 Å². The Labute approximate surface area is 102 Å². The van der Waals surface area contributed by atoms with Crippen molar-refractivity contribution in [3.05, 3.63) is 47.2 Å². The lowest BCUT2D eigenvalue weighted by molar-refractivity contribution is 0.205. The molecule has 1 heterocycles. The summed E-state index contributed by atoms with van der Waals surface area (Å²) in [5.74, 6) is 7.19. The zero-order valence-corrected chi connectivity index (χ0v) is 9.86. The molecule has 2 atom stereocenters. The van der Waals surface area contributed by atoms with Crippen molar-refractivity contribution in [2.24, 2.45) is 5.84 Å². The van der Waals surface area contributed by atoms with Crippen LogP contribution >= 0.6 is 0 Å². The lowest BCUT2D eigenvalue weighted by Gasteiger charge is -2.24. The van der Waals surface area contributed by atoms with Gasteiger partial charge in [0.1, 0.15) is 5.76 Å². The molecule has 3 rings (SSSR count). The van der Waals surface area contributed by atoms with Gasteiger partial charge in [0, 0.05) is 12.3 Å². The van der Waals surface area contributed by atoms with Gasteiger partial charge in [-0.2, -0.15) is 0 Å². The first-order chi connectivity index (χ1) is 8.40. The molecule has 0 radical (unpaired) electrons. The summed E-state index contributed by atoms with van der Waals surface area (Å²) >= 11 is 0. The summed E-state index contributed by atoms with van der Waals surface area (Å²) in [6, 6.07) is 8.77. The molecule has 0 spiro atoms. The Kier molecular flexibility index (Phi) is 2.87. The molecule has 0 amide bonds. The van der Waals surface area contributed by atoms with Crippen molar-refractivity contribution in [3.63, 3.8) is 0 Å². The van der Waals surface area contributed by atoms with Crippen molar-refractivity contribution in [1.29, 1.82) is 0 Å². The largest absolute Gasteiger partial charge is 0.496 e. The molecular weight excluding hydrogens is 212 g/mol. The van der Waals surface area contributed by atoms with E-state index in [4.69, 9.17) is 10.6 Å². The number of nitrogens with one attached hydrogen (secondary N) is 1. The molecule has 90 valence electrons. The molecule has 1 aromatic rings. The molecule has 0 fully saturated rings. The zero-order chi connectivity index (χ0) is 11.7. The molecule has 2 unspecified atom stereocenters. The van der Waals surface area contributed by atoms with Crippen molar-refractivity contribution in [3.8, 4) is 0 Å². The van der Waals surface area contributed by atoms with Crippen molar-refractivity contribution in [1.82, 2.24) is 5.43 Å². The number of hydrogen-bond acceptors (Lipinski definition) is 3. The molecule has 1 aliphatic heterocycles. The standard InChI is InChI=1S/C14H18N2O/c15-16-14(13-6-3-9-17-13)12-8-7-10-4-1-2-5-11(10)12/h1-2,4-6,12,14,16H,3,7-9,15H2. The van der Waals surface area contributed by atoms with E-state index in [1.54, 1.807) is 0 Å². The quantitative estimate of drug-likeness (QED) is 0.615. The minimum absolute atomic E-state index is 0.126. The summed E-state index contributed by atoms with van der Waals surface area (Å²) in [5, 5.41) is 0. The highest BCUT2D eigenvalue weighted by Crippen LogP contribution is 2.38. The summed E-state index contributed by atoms with van der Waals surface area (Å²) in [6.45, 7) is 0.794. The van der Waals surface area contributed by atoms with Crippen LogP contribution in [0.3, 0.4) is 0 Å². The van der Waals surface area contributed by atoms with Crippen LogP contribution < -0.4 is 11.3 Å². The van der Waals surface area contributed by atoms with Gasteiger partial charge in [-0.05, 0) is 30.0 Å². The van der Waals surface area contributed by atoms with Crippen molar-refractivity contribution in [2.75, 3.05) is 6.61 Å². The van der Waals surface area contributed by atoms with E-state index in [0.717, 1.165) is 31.6 Å². The third-order valence-corrected chi connectivity index (χ3v) is 3.80. The summed E-state index contributed by atoms with van der Waals surface area (Å²) in [6.07, 6.45) is 5.45. The smallest absolute Gasteiger partial charge is 0.111 e. The normalized spacial score (nSPS) is 24.1. The van der Waals surface area contributed by atoms with E-state index < -0.39 is 0 Å². The molecule has 1 aliphatic carbocycles. The molecule has 2 aliphatic rings. The summed E-state index contributed by atoms with van der Waals surface area (Å²) in [5.41, 5.74) is 5.81. The molecular formula is C14H18N2O. The van der Waals surface area contributed by atoms with E-state index in [1.165, 1.54) is 11.1 Å². The molecule has 0 bridgehead atoms. The fraction of sp³-hybridized carbons (Fsp3) is 0.429. The first kappa shape index (κ1) is 10.8. The Bertz CT molecular complexity index is 442. The van der Waals surface area contributed by atoms with E-state index in [2.05, 4.69) is 35.8 Å². The van der Waals surface area contributed by atoms with Gasteiger partial charge in [-0.3, -0.25) is 5.84 Å². The van der Waals surface area contributed by atoms with Crippen LogP contribution in [0.15, 0.2) is 36.1 Å². The van der Waals surface area contributed by atoms with E-state index >= 15 is 0 Å². The maximum absolute atomic E-state index is 5.72. The predicted molar refractivity (Wildman–Crippen MR) is 67.3 cm³/mol. The third-order valence-electron chi connectivity index (χ3n) is 3.80. The molecule has 0 saturated carbocycles. The first-order valence-electron chi connectivity index (χ1n) is 6.27. The average molecular weight is 230 g/mol. The summed E-state index contributed by atoms with van der Waals surface area (Å²) in [4.78, 5) is 0. The molecule has 0 aromatic heterocycles. The number of benzene rings is 1. The van der Waals surface area contributed by atoms with Crippen LogP contribution in [0.5, 0.6) is 0 Å². The van der Waals surface area contributed by atoms with Gasteiger partial charge in [0.2, 0.25) is 0 Å². The van der Waals surface area contributed by atoms with Crippen LogP contribution in [0.2, 0.25) is 0 Å². The predicted octanol–water partition coefficient (Wildman–Crippen LogP) is 1.85. The third kappa shape index (κ3) is 1.85. The highest BCUT2D eigenvalue weighted by Gasteiger charge is 2.32. The monoisotopic (exact) mass is 230 g/mol. The van der Waals surface area contributed by atoms with Crippen molar-refractivity contribution < 1.29 is 4.74 Å². The van der Waals surface area contributed by atoms with Gasteiger partial charge in [0.25, 0.3) is 0 Å². The summed E-state index contributed by atoms with van der Waals surface area (Å²) in [7, 11) is 0. The molecule has 3 nitrogen and oxygen atoms in total. The Hall–Kier alpha value is -1.32. The lowest BCUT2D eigenvalue weighted by Crippen LogP contribution is -2.40. The highest BCUT2D eigenvalue weighted by molar-refractivity contribution is 5.37. The fourth-order valence-electron chi connectivity index (χ4n) is 2.99. The van der Waals surface area contributed by atoms with Gasteiger partial charge in [-0.1, -0.05) is 24.3 Å². The number of hydrazine groups is 1. The van der Waals surface area contributed by atoms with Crippen LogP contribution in [0.25, 0.3) is 0 Å². The highest BCUT2D eigenvalue weighted by atomic mass is 16.5. The van der Waals surface area contributed by atoms with E-state index in [-0.39, 0.29) is 6.04 Å². The number of fused-ring (bicyclic) bond motifs is 1. The van der Waals surface area contributed by atoms with Crippen LogP contribution in [0, 0.1) is 0 Å². The van der Waals surface area contributed by atoms with Gasteiger partial charge in [0.15, 0.2) is 0 Å². The van der Waals surface area contributed by atoms with Gasteiger partial charge in [-0.15, -0.1) is 0 Å². The van der Waals surface area contributed by atoms with Crippen LogP contribution in [0.4, 0.5) is 0 Å². The molecule has 1 aromatic carbocycles. The van der Waals surface area contributed by atoms with E-state index in [0.29, 0.717) is 5.92 Å². The van der Waals surface area contributed by atoms with Crippen molar-refractivity contribution in [2.45, 2.75) is 31.2 Å². The molecule has 17 heavy (non-hydrogen) atoms. The molecule has 0 saturated heterocycles. The number of aryl methyl sites for hydroxylation is 1. The number of nitrogens with two attached hydrogens (primary N) is 1. The summed E-state index contributed by atoms with van der Waals surface area (Å²) < 4.78 is 5.65. The number of ether oxygens (including phenoxy) is 1. The van der Waals surface area contributed by atoms with Crippen LogP contribution in [0.1, 0.15) is 29.9 Å². The minimum atomic E-state index is 0.126. The minimum Gasteiger partial charge on any atom is -0.496 e. The van der Waals surface area contributed by atoms with Crippen LogP contribution in [-0.4, -0.2) is 12.6 Å². The lowest BCUT2D eigenvalue weighted by atomic mass is 9.92. The van der Waals surface area contributed by atoms with Crippen molar-refractivity contribution >= 4 is 0 Å². The maximum Gasteiger partial charge on any atom is 0.111 e. The second kappa shape index (κ2) is 4.51. The Morgan fingerprint density at radius 2 is 2.24 bits per heavy atom. The Balaban J connectivity index is 1.89. The topological polar surface area (TPSA) is 47.3 Å². The maximum atomic E-state index is 5.72. The Morgan fingerprint density at radius 3 is 3.00 bits per heavy atom. The molecule has 3 heteroatoms. The van der Waals surface area contributed by atoms with E-state index in [9.17, 15) is 0 Å². The molecule has 3 N–H and O–H groups in total. The van der Waals surface area contributed by atoms with Gasteiger partial charge in [-0.25, -0.2) is 5.43 Å².